The van der Waals surface area contributed by atoms with Crippen LogP contribution in [0.1, 0.15) is 25.0 Å². The summed E-state index contributed by atoms with van der Waals surface area (Å²) in [4.78, 5) is 9.52. The molecule has 1 unspecified atom stereocenters. The minimum absolute atomic E-state index is 0.188. The molecule has 5 nitrogen and oxygen atoms in total. The summed E-state index contributed by atoms with van der Waals surface area (Å²) in [6, 6.07) is 8.77. The van der Waals surface area contributed by atoms with E-state index in [4.69, 9.17) is 0 Å². The summed E-state index contributed by atoms with van der Waals surface area (Å²) < 4.78 is 0. The molecule has 0 amide bonds. The predicted molar refractivity (Wildman–Crippen MR) is 100 cm³/mol. The fraction of sp³-hybridized carbons (Fsp3) is 0.632. The number of nitrogens with zero attached hydrogens (tertiary/aromatic N) is 3. The number of rotatable bonds is 6. The minimum Gasteiger partial charge on any atom is -0.396 e. The minimum atomic E-state index is 0.188. The normalized spacial score (nSPS) is 17.8. The highest BCUT2D eigenvalue weighted by Gasteiger charge is 2.19. The molecule has 0 bridgehead atoms. The lowest BCUT2D eigenvalue weighted by molar-refractivity contribution is 0.172. The number of benzene rings is 1. The Kier molecular flexibility index (Phi) is 7.53. The van der Waals surface area contributed by atoms with Crippen LogP contribution >= 0.6 is 0 Å². The van der Waals surface area contributed by atoms with Crippen molar-refractivity contribution in [2.75, 3.05) is 45.9 Å². The topological polar surface area (TPSA) is 51.1 Å². The van der Waals surface area contributed by atoms with Gasteiger partial charge in [0.2, 0.25) is 0 Å². The van der Waals surface area contributed by atoms with Gasteiger partial charge in [-0.15, -0.1) is 0 Å². The summed E-state index contributed by atoms with van der Waals surface area (Å²) in [6.45, 7) is 13.1. The summed E-state index contributed by atoms with van der Waals surface area (Å²) in [5.74, 6) is 1.19. The molecule has 1 aromatic carbocycles. The van der Waals surface area contributed by atoms with Crippen molar-refractivity contribution in [1.29, 1.82) is 0 Å². The Morgan fingerprint density at radius 3 is 2.67 bits per heavy atom. The number of hydrogen-bond donors (Lipinski definition) is 2. The van der Waals surface area contributed by atoms with Crippen molar-refractivity contribution in [3.8, 4) is 0 Å². The number of nitrogens with one attached hydrogen (secondary N) is 1. The molecule has 134 valence electrons. The molecule has 1 atom stereocenters. The molecule has 1 heterocycles. The quantitative estimate of drug-likeness (QED) is 0.615. The van der Waals surface area contributed by atoms with E-state index in [0.29, 0.717) is 6.54 Å². The number of piperazine rings is 1. The van der Waals surface area contributed by atoms with E-state index < -0.39 is 0 Å². The monoisotopic (exact) mass is 332 g/mol. The smallest absolute Gasteiger partial charge is 0.194 e. The second-order valence-electron chi connectivity index (χ2n) is 6.73. The van der Waals surface area contributed by atoms with Crippen LogP contribution < -0.4 is 5.32 Å². The zero-order chi connectivity index (χ0) is 17.4. The number of guanidine groups is 1. The third kappa shape index (κ3) is 5.80. The lowest BCUT2D eigenvalue weighted by Gasteiger charge is -2.36. The molecule has 1 saturated heterocycles. The van der Waals surface area contributed by atoms with Crippen LogP contribution in [0.5, 0.6) is 0 Å². The first-order valence-corrected chi connectivity index (χ1v) is 9.04. The molecule has 0 aliphatic carbocycles. The van der Waals surface area contributed by atoms with E-state index >= 15 is 0 Å². The van der Waals surface area contributed by atoms with Crippen molar-refractivity contribution in [2.24, 2.45) is 10.9 Å². The number of aliphatic imine (C=N–C) groups is 1. The van der Waals surface area contributed by atoms with Gasteiger partial charge in [0.1, 0.15) is 0 Å². The van der Waals surface area contributed by atoms with Crippen molar-refractivity contribution in [3.63, 3.8) is 0 Å². The Balaban J connectivity index is 1.87. The van der Waals surface area contributed by atoms with Crippen LogP contribution in [0.25, 0.3) is 0 Å². The molecule has 1 aromatic rings. The third-order valence-corrected chi connectivity index (χ3v) is 4.36. The van der Waals surface area contributed by atoms with Crippen molar-refractivity contribution >= 4 is 5.96 Å². The average Bonchev–Trinajstić information content (AvgIpc) is 2.59. The first kappa shape index (κ1) is 18.7. The van der Waals surface area contributed by atoms with Gasteiger partial charge < -0.3 is 15.3 Å². The molecule has 0 spiro atoms. The Bertz CT molecular complexity index is 524. The molecule has 0 radical (unpaired) electrons. The van der Waals surface area contributed by atoms with Gasteiger partial charge in [0.05, 0.1) is 0 Å². The summed E-state index contributed by atoms with van der Waals surface area (Å²) >= 11 is 0. The summed E-state index contributed by atoms with van der Waals surface area (Å²) in [7, 11) is 0. The maximum absolute atomic E-state index is 9.17. The van der Waals surface area contributed by atoms with E-state index in [-0.39, 0.29) is 12.5 Å². The molecule has 2 rings (SSSR count). The van der Waals surface area contributed by atoms with Gasteiger partial charge in [-0.1, -0.05) is 36.8 Å². The SMILES string of the molecule is CCNC(=NCC(C)CO)N1CCN(Cc2cccc(C)c2)CC1. The lowest BCUT2D eigenvalue weighted by atomic mass is 10.1. The number of hydrogen-bond acceptors (Lipinski definition) is 3. The van der Waals surface area contributed by atoms with Gasteiger partial charge >= 0.3 is 0 Å². The number of aryl methyl sites for hydroxylation is 1. The number of aliphatic hydroxyl groups is 1. The third-order valence-electron chi connectivity index (χ3n) is 4.36. The molecule has 5 heteroatoms. The van der Waals surface area contributed by atoms with Crippen LogP contribution in [0.2, 0.25) is 0 Å². The Labute approximate surface area is 146 Å². The zero-order valence-corrected chi connectivity index (χ0v) is 15.3. The van der Waals surface area contributed by atoms with Crippen LogP contribution in [0.4, 0.5) is 0 Å². The molecular weight excluding hydrogens is 300 g/mol. The van der Waals surface area contributed by atoms with E-state index in [1.54, 1.807) is 0 Å². The van der Waals surface area contributed by atoms with Crippen molar-refractivity contribution in [1.82, 2.24) is 15.1 Å². The molecule has 0 aromatic heterocycles. The predicted octanol–water partition coefficient (Wildman–Crippen LogP) is 1.71. The molecule has 1 aliphatic heterocycles. The summed E-state index contributed by atoms with van der Waals surface area (Å²) in [5, 5.41) is 12.6. The van der Waals surface area contributed by atoms with E-state index in [9.17, 15) is 5.11 Å². The van der Waals surface area contributed by atoms with Crippen LogP contribution in [-0.4, -0.2) is 66.7 Å². The molecule has 1 fully saturated rings. The van der Waals surface area contributed by atoms with Gasteiger partial charge in [-0.2, -0.15) is 0 Å². The van der Waals surface area contributed by atoms with E-state index in [1.165, 1.54) is 11.1 Å². The Morgan fingerprint density at radius 2 is 2.04 bits per heavy atom. The van der Waals surface area contributed by atoms with Gasteiger partial charge in [0, 0.05) is 52.4 Å². The van der Waals surface area contributed by atoms with Crippen molar-refractivity contribution < 1.29 is 5.11 Å². The van der Waals surface area contributed by atoms with Crippen LogP contribution in [0.15, 0.2) is 29.3 Å². The Hall–Kier alpha value is -1.59. The van der Waals surface area contributed by atoms with E-state index in [1.807, 2.05) is 6.92 Å². The summed E-state index contributed by atoms with van der Waals surface area (Å²) in [5.41, 5.74) is 2.71. The molecular formula is C19H32N4O. The van der Waals surface area contributed by atoms with Gasteiger partial charge in [-0.3, -0.25) is 9.89 Å². The van der Waals surface area contributed by atoms with Crippen LogP contribution in [-0.2, 0) is 6.54 Å². The highest BCUT2D eigenvalue weighted by Crippen LogP contribution is 2.10. The fourth-order valence-electron chi connectivity index (χ4n) is 2.91. The zero-order valence-electron chi connectivity index (χ0n) is 15.3. The van der Waals surface area contributed by atoms with Crippen molar-refractivity contribution in [3.05, 3.63) is 35.4 Å². The largest absolute Gasteiger partial charge is 0.396 e. The lowest BCUT2D eigenvalue weighted by Crippen LogP contribution is -2.52. The Morgan fingerprint density at radius 1 is 1.29 bits per heavy atom. The molecule has 24 heavy (non-hydrogen) atoms. The van der Waals surface area contributed by atoms with Crippen molar-refractivity contribution in [2.45, 2.75) is 27.3 Å². The maximum atomic E-state index is 9.17. The fourth-order valence-corrected chi connectivity index (χ4v) is 2.91. The van der Waals surface area contributed by atoms with Gasteiger partial charge in [-0.25, -0.2) is 0 Å². The maximum Gasteiger partial charge on any atom is 0.194 e. The van der Waals surface area contributed by atoms with Gasteiger partial charge in [-0.05, 0) is 25.3 Å². The first-order valence-electron chi connectivity index (χ1n) is 9.04. The number of aliphatic hydroxyl groups excluding tert-OH is 1. The standard InChI is InChI=1S/C19H32N4O/c1-4-20-19(21-13-17(3)15-24)23-10-8-22(9-11-23)14-18-7-5-6-16(2)12-18/h5-7,12,17,24H,4,8-11,13-15H2,1-3H3,(H,20,21). The van der Waals surface area contributed by atoms with Crippen LogP contribution in [0.3, 0.4) is 0 Å². The molecule has 0 saturated carbocycles. The van der Waals surface area contributed by atoms with Gasteiger partial charge in [0.25, 0.3) is 0 Å². The molecule has 1 aliphatic rings. The average molecular weight is 332 g/mol. The highest BCUT2D eigenvalue weighted by molar-refractivity contribution is 5.80. The second kappa shape index (κ2) is 9.64. The summed E-state index contributed by atoms with van der Waals surface area (Å²) in [6.07, 6.45) is 0. The van der Waals surface area contributed by atoms with E-state index in [2.05, 4.69) is 58.2 Å². The van der Waals surface area contributed by atoms with E-state index in [0.717, 1.165) is 45.2 Å². The van der Waals surface area contributed by atoms with Gasteiger partial charge in [0.15, 0.2) is 5.96 Å². The molecule has 2 N–H and O–H groups in total. The van der Waals surface area contributed by atoms with Crippen LogP contribution in [0, 0.1) is 12.8 Å². The first-order chi connectivity index (χ1) is 11.6. The highest BCUT2D eigenvalue weighted by atomic mass is 16.3. The second-order valence-corrected chi connectivity index (χ2v) is 6.73.